The Labute approximate surface area is 113 Å². The van der Waals surface area contributed by atoms with Crippen LogP contribution in [0.15, 0.2) is 5.38 Å². The zero-order valence-electron chi connectivity index (χ0n) is 11.5. The van der Waals surface area contributed by atoms with Crippen molar-refractivity contribution in [1.82, 2.24) is 10.3 Å². The third-order valence-corrected chi connectivity index (χ3v) is 3.50. The molecule has 0 unspecified atom stereocenters. The molecule has 0 fully saturated rings. The van der Waals surface area contributed by atoms with E-state index in [0.29, 0.717) is 19.5 Å². The number of nitrogens with one attached hydrogen (secondary N) is 1. The van der Waals surface area contributed by atoms with Crippen molar-refractivity contribution in [3.05, 3.63) is 16.1 Å². The number of hydrogen-bond donors (Lipinski definition) is 2. The number of carbonyl (C=O) groups is 1. The maximum atomic E-state index is 11.4. The summed E-state index contributed by atoms with van der Waals surface area (Å²) in [5.74, 6) is 0.0769. The molecule has 1 heterocycles. The lowest BCUT2D eigenvalue weighted by molar-refractivity contribution is -0.121. The fourth-order valence-corrected chi connectivity index (χ4v) is 2.45. The highest BCUT2D eigenvalue weighted by Crippen LogP contribution is 2.23. The number of carbonyl (C=O) groups excluding carboxylic acids is 1. The summed E-state index contributed by atoms with van der Waals surface area (Å²) in [6.45, 7) is 7.68. The summed E-state index contributed by atoms with van der Waals surface area (Å²) in [4.78, 5) is 16.0. The van der Waals surface area contributed by atoms with Crippen molar-refractivity contribution in [3.8, 4) is 0 Å². The van der Waals surface area contributed by atoms with Gasteiger partial charge in [0, 0.05) is 30.2 Å². The van der Waals surface area contributed by atoms with E-state index in [1.54, 1.807) is 11.3 Å². The predicted molar refractivity (Wildman–Crippen MR) is 75.8 cm³/mol. The Balaban J connectivity index is 2.32. The van der Waals surface area contributed by atoms with Crippen LogP contribution in [0.25, 0.3) is 0 Å². The zero-order chi connectivity index (χ0) is 13.6. The Kier molecular flexibility index (Phi) is 5.75. The molecule has 1 aromatic rings. The van der Waals surface area contributed by atoms with Crippen LogP contribution in [-0.2, 0) is 16.6 Å². The number of hydrogen-bond acceptors (Lipinski definition) is 4. The van der Waals surface area contributed by atoms with E-state index in [0.717, 1.165) is 23.5 Å². The largest absolute Gasteiger partial charge is 0.356 e. The molecule has 0 aliphatic heterocycles. The maximum absolute atomic E-state index is 11.4. The van der Waals surface area contributed by atoms with Crippen LogP contribution in [-0.4, -0.2) is 24.0 Å². The van der Waals surface area contributed by atoms with Crippen molar-refractivity contribution in [2.75, 3.05) is 13.1 Å². The molecule has 1 aromatic heterocycles. The molecule has 0 saturated carbocycles. The van der Waals surface area contributed by atoms with E-state index in [4.69, 9.17) is 5.73 Å². The highest BCUT2D eigenvalue weighted by atomic mass is 32.1. The van der Waals surface area contributed by atoms with Gasteiger partial charge in [-0.1, -0.05) is 20.8 Å². The average Bonchev–Trinajstić information content (AvgIpc) is 2.74. The normalized spacial score (nSPS) is 11.6. The smallest absolute Gasteiger partial charge is 0.220 e. The Bertz CT molecular complexity index is 382. The van der Waals surface area contributed by atoms with E-state index in [2.05, 4.69) is 36.5 Å². The summed E-state index contributed by atoms with van der Waals surface area (Å²) >= 11 is 1.66. The summed E-state index contributed by atoms with van der Waals surface area (Å²) < 4.78 is 0. The molecule has 1 amide bonds. The van der Waals surface area contributed by atoms with Crippen LogP contribution in [0.2, 0.25) is 0 Å². The minimum Gasteiger partial charge on any atom is -0.356 e. The zero-order valence-corrected chi connectivity index (χ0v) is 12.3. The van der Waals surface area contributed by atoms with E-state index in [1.807, 2.05) is 0 Å². The van der Waals surface area contributed by atoms with Gasteiger partial charge in [-0.15, -0.1) is 11.3 Å². The molecule has 0 bridgehead atoms. The Hall–Kier alpha value is -0.940. The maximum Gasteiger partial charge on any atom is 0.220 e. The van der Waals surface area contributed by atoms with Crippen LogP contribution >= 0.6 is 11.3 Å². The van der Waals surface area contributed by atoms with Gasteiger partial charge in [-0.25, -0.2) is 4.98 Å². The first kappa shape index (κ1) is 15.1. The van der Waals surface area contributed by atoms with Crippen LogP contribution in [0.5, 0.6) is 0 Å². The van der Waals surface area contributed by atoms with Crippen LogP contribution in [0.4, 0.5) is 0 Å². The summed E-state index contributed by atoms with van der Waals surface area (Å²) in [7, 11) is 0. The van der Waals surface area contributed by atoms with E-state index >= 15 is 0 Å². The monoisotopic (exact) mass is 269 g/mol. The predicted octanol–water partition coefficient (Wildman–Crippen LogP) is 1.84. The first-order chi connectivity index (χ1) is 8.43. The average molecular weight is 269 g/mol. The second kappa shape index (κ2) is 6.85. The highest BCUT2D eigenvalue weighted by Gasteiger charge is 2.17. The number of aromatic nitrogens is 1. The van der Waals surface area contributed by atoms with Gasteiger partial charge in [-0.3, -0.25) is 4.79 Å². The van der Waals surface area contributed by atoms with Crippen molar-refractivity contribution in [2.45, 2.75) is 45.4 Å². The third kappa shape index (κ3) is 5.14. The molecule has 0 aliphatic carbocycles. The van der Waals surface area contributed by atoms with Crippen LogP contribution < -0.4 is 11.1 Å². The summed E-state index contributed by atoms with van der Waals surface area (Å²) in [6.07, 6.45) is 2.06. The van der Waals surface area contributed by atoms with Crippen LogP contribution in [0.3, 0.4) is 0 Å². The summed E-state index contributed by atoms with van der Waals surface area (Å²) in [5, 5.41) is 6.07. The fourth-order valence-electron chi connectivity index (χ4n) is 1.43. The second-order valence-electron chi connectivity index (χ2n) is 5.37. The molecule has 0 aliphatic rings. The topological polar surface area (TPSA) is 68.0 Å². The molecule has 18 heavy (non-hydrogen) atoms. The van der Waals surface area contributed by atoms with Crippen LogP contribution in [0, 0.1) is 0 Å². The molecule has 0 spiro atoms. The first-order valence-corrected chi connectivity index (χ1v) is 7.23. The van der Waals surface area contributed by atoms with Gasteiger partial charge in [0.25, 0.3) is 0 Å². The van der Waals surface area contributed by atoms with Gasteiger partial charge in [-0.05, 0) is 13.0 Å². The van der Waals surface area contributed by atoms with Gasteiger partial charge in [0.05, 0.1) is 10.7 Å². The van der Waals surface area contributed by atoms with Gasteiger partial charge in [-0.2, -0.15) is 0 Å². The highest BCUT2D eigenvalue weighted by molar-refractivity contribution is 7.09. The Morgan fingerprint density at radius 1 is 1.50 bits per heavy atom. The SMILES string of the molecule is CC(C)(C)c1csc(CCNC(=O)CCCN)n1. The van der Waals surface area contributed by atoms with E-state index < -0.39 is 0 Å². The molecule has 0 atom stereocenters. The van der Waals surface area contributed by atoms with Crippen molar-refractivity contribution in [2.24, 2.45) is 5.73 Å². The fraction of sp³-hybridized carbons (Fsp3) is 0.692. The van der Waals surface area contributed by atoms with Crippen molar-refractivity contribution in [3.63, 3.8) is 0 Å². The molecule has 0 saturated heterocycles. The standard InChI is InChI=1S/C13H23N3OS/c1-13(2,3)10-9-18-12(16-10)6-8-15-11(17)5-4-7-14/h9H,4-8,14H2,1-3H3,(H,15,17). The summed E-state index contributed by atoms with van der Waals surface area (Å²) in [6, 6.07) is 0. The lowest BCUT2D eigenvalue weighted by Crippen LogP contribution is -2.26. The van der Waals surface area contributed by atoms with E-state index in [1.165, 1.54) is 0 Å². The second-order valence-corrected chi connectivity index (χ2v) is 6.31. The molecule has 102 valence electrons. The minimum absolute atomic E-state index is 0.0769. The quantitative estimate of drug-likeness (QED) is 0.828. The number of rotatable bonds is 6. The molecular formula is C13H23N3OS. The van der Waals surface area contributed by atoms with Crippen LogP contribution in [0.1, 0.15) is 44.3 Å². The van der Waals surface area contributed by atoms with Crippen molar-refractivity contribution < 1.29 is 4.79 Å². The minimum atomic E-state index is 0.0769. The van der Waals surface area contributed by atoms with Gasteiger partial charge < -0.3 is 11.1 Å². The Morgan fingerprint density at radius 2 is 2.22 bits per heavy atom. The van der Waals surface area contributed by atoms with Gasteiger partial charge >= 0.3 is 0 Å². The molecule has 5 heteroatoms. The molecular weight excluding hydrogens is 246 g/mol. The molecule has 0 aromatic carbocycles. The molecule has 4 nitrogen and oxygen atoms in total. The molecule has 3 N–H and O–H groups in total. The first-order valence-electron chi connectivity index (χ1n) is 6.35. The van der Waals surface area contributed by atoms with Gasteiger partial charge in [0.15, 0.2) is 0 Å². The Morgan fingerprint density at radius 3 is 2.78 bits per heavy atom. The number of thiazole rings is 1. The lowest BCUT2D eigenvalue weighted by Gasteiger charge is -2.14. The molecule has 0 radical (unpaired) electrons. The lowest BCUT2D eigenvalue weighted by atomic mass is 9.93. The number of amides is 1. The summed E-state index contributed by atoms with van der Waals surface area (Å²) in [5.41, 5.74) is 6.57. The van der Waals surface area contributed by atoms with E-state index in [-0.39, 0.29) is 11.3 Å². The van der Waals surface area contributed by atoms with Gasteiger partial charge in [0.2, 0.25) is 5.91 Å². The van der Waals surface area contributed by atoms with E-state index in [9.17, 15) is 4.79 Å². The number of nitrogens with zero attached hydrogens (tertiary/aromatic N) is 1. The third-order valence-electron chi connectivity index (χ3n) is 2.59. The molecule has 1 rings (SSSR count). The van der Waals surface area contributed by atoms with Crippen molar-refractivity contribution in [1.29, 1.82) is 0 Å². The van der Waals surface area contributed by atoms with Crippen molar-refractivity contribution >= 4 is 17.2 Å². The number of nitrogens with two attached hydrogens (primary N) is 1. The van der Waals surface area contributed by atoms with Gasteiger partial charge in [0.1, 0.15) is 0 Å².